The largest absolute Gasteiger partial charge is 0.467 e. The molecule has 2 aromatic carbocycles. The molecule has 0 radical (unpaired) electrons. The van der Waals surface area contributed by atoms with Crippen LogP contribution >= 0.6 is 11.3 Å². The SMILES string of the molecule is O=C(COc1ncnc2scc(-c3ccc(F)cc3)c12)Nc1ccc(F)c([N+](=O)[O-])c1. The van der Waals surface area contributed by atoms with Crippen LogP contribution in [0.2, 0.25) is 0 Å². The van der Waals surface area contributed by atoms with Gasteiger partial charge in [-0.3, -0.25) is 14.9 Å². The summed E-state index contributed by atoms with van der Waals surface area (Å²) in [5, 5.41) is 15.6. The van der Waals surface area contributed by atoms with Gasteiger partial charge in [0.05, 0.1) is 10.3 Å². The average molecular weight is 442 g/mol. The highest BCUT2D eigenvalue weighted by Gasteiger charge is 2.17. The van der Waals surface area contributed by atoms with Gasteiger partial charge in [0.25, 0.3) is 5.91 Å². The van der Waals surface area contributed by atoms with Crippen molar-refractivity contribution in [2.24, 2.45) is 0 Å². The topological polar surface area (TPSA) is 107 Å². The van der Waals surface area contributed by atoms with Crippen molar-refractivity contribution in [3.05, 3.63) is 75.9 Å². The van der Waals surface area contributed by atoms with Crippen LogP contribution in [0.5, 0.6) is 5.88 Å². The number of benzene rings is 2. The molecule has 31 heavy (non-hydrogen) atoms. The maximum absolute atomic E-state index is 13.4. The number of nitro groups is 1. The summed E-state index contributed by atoms with van der Waals surface area (Å²) in [5.41, 5.74) is 0.760. The van der Waals surface area contributed by atoms with Crippen LogP contribution in [-0.2, 0) is 4.79 Å². The van der Waals surface area contributed by atoms with Crippen LogP contribution in [0, 0.1) is 21.7 Å². The molecule has 0 spiro atoms. The first-order valence-electron chi connectivity index (χ1n) is 8.77. The molecule has 2 aromatic heterocycles. The first-order valence-corrected chi connectivity index (χ1v) is 9.65. The zero-order chi connectivity index (χ0) is 22.0. The number of anilines is 1. The number of hydrogen-bond donors (Lipinski definition) is 1. The number of nitro benzene ring substituents is 1. The summed E-state index contributed by atoms with van der Waals surface area (Å²) < 4.78 is 32.2. The van der Waals surface area contributed by atoms with Crippen LogP contribution < -0.4 is 10.1 Å². The first-order chi connectivity index (χ1) is 14.9. The van der Waals surface area contributed by atoms with E-state index >= 15 is 0 Å². The van der Waals surface area contributed by atoms with Crippen molar-refractivity contribution in [2.45, 2.75) is 0 Å². The van der Waals surface area contributed by atoms with E-state index in [9.17, 15) is 23.7 Å². The minimum Gasteiger partial charge on any atom is -0.467 e. The highest BCUT2D eigenvalue weighted by molar-refractivity contribution is 7.17. The maximum atomic E-state index is 13.4. The highest BCUT2D eigenvalue weighted by atomic mass is 32.1. The maximum Gasteiger partial charge on any atom is 0.306 e. The third-order valence-corrected chi connectivity index (χ3v) is 5.14. The van der Waals surface area contributed by atoms with Gasteiger partial charge in [-0.05, 0) is 29.8 Å². The molecule has 0 atom stereocenters. The van der Waals surface area contributed by atoms with Gasteiger partial charge in [-0.25, -0.2) is 14.4 Å². The monoisotopic (exact) mass is 442 g/mol. The number of hydrogen-bond acceptors (Lipinski definition) is 7. The number of ether oxygens (including phenoxy) is 1. The van der Waals surface area contributed by atoms with E-state index in [0.29, 0.717) is 10.2 Å². The fourth-order valence-electron chi connectivity index (χ4n) is 2.86. The molecule has 0 fully saturated rings. The van der Waals surface area contributed by atoms with E-state index in [1.807, 2.05) is 5.38 Å². The number of nitrogens with zero attached hydrogens (tertiary/aromatic N) is 3. The Hall–Kier alpha value is -3.99. The van der Waals surface area contributed by atoms with Crippen molar-refractivity contribution < 1.29 is 23.2 Å². The second kappa shape index (κ2) is 8.40. The van der Waals surface area contributed by atoms with E-state index in [4.69, 9.17) is 4.74 Å². The number of rotatable bonds is 6. The Labute approximate surface area is 177 Å². The van der Waals surface area contributed by atoms with Gasteiger partial charge < -0.3 is 10.1 Å². The van der Waals surface area contributed by atoms with E-state index < -0.39 is 28.9 Å². The number of carbonyl (C=O) groups excluding carboxylic acids is 1. The van der Waals surface area contributed by atoms with Crippen molar-refractivity contribution in [1.29, 1.82) is 0 Å². The van der Waals surface area contributed by atoms with Gasteiger partial charge in [0.1, 0.15) is 17.0 Å². The molecule has 11 heteroatoms. The second-order valence-corrected chi connectivity index (χ2v) is 7.13. The summed E-state index contributed by atoms with van der Waals surface area (Å²) in [7, 11) is 0. The zero-order valence-corrected chi connectivity index (χ0v) is 16.4. The summed E-state index contributed by atoms with van der Waals surface area (Å²) in [6, 6.07) is 8.90. The summed E-state index contributed by atoms with van der Waals surface area (Å²) in [5.74, 6) is -1.83. The number of carbonyl (C=O) groups is 1. The average Bonchev–Trinajstić information content (AvgIpc) is 3.19. The molecule has 0 bridgehead atoms. The number of aromatic nitrogens is 2. The summed E-state index contributed by atoms with van der Waals surface area (Å²) in [6.45, 7) is -0.448. The Balaban J connectivity index is 1.53. The summed E-state index contributed by atoms with van der Waals surface area (Å²) in [4.78, 5) is 31.1. The van der Waals surface area contributed by atoms with E-state index in [-0.39, 0.29) is 17.4 Å². The lowest BCUT2D eigenvalue weighted by molar-refractivity contribution is -0.387. The number of amides is 1. The van der Waals surface area contributed by atoms with Crippen LogP contribution in [0.25, 0.3) is 21.3 Å². The smallest absolute Gasteiger partial charge is 0.306 e. The lowest BCUT2D eigenvalue weighted by Gasteiger charge is -2.09. The molecule has 0 saturated carbocycles. The van der Waals surface area contributed by atoms with Crippen LogP contribution in [0.4, 0.5) is 20.2 Å². The molecular weight excluding hydrogens is 430 g/mol. The molecule has 0 saturated heterocycles. The fourth-order valence-corrected chi connectivity index (χ4v) is 3.77. The first kappa shape index (κ1) is 20.3. The van der Waals surface area contributed by atoms with Crippen molar-refractivity contribution in [1.82, 2.24) is 9.97 Å². The molecule has 0 aliphatic carbocycles. The molecule has 8 nitrogen and oxygen atoms in total. The van der Waals surface area contributed by atoms with Gasteiger partial charge in [-0.2, -0.15) is 4.39 Å². The Bertz CT molecular complexity index is 1290. The lowest BCUT2D eigenvalue weighted by Crippen LogP contribution is -2.20. The molecule has 1 amide bonds. The number of thiophene rings is 1. The third-order valence-electron chi connectivity index (χ3n) is 4.26. The standard InChI is InChI=1S/C20H12F2N4O4S/c21-12-3-1-11(2-4-12)14-9-31-20-18(14)19(23-10-24-20)30-8-17(27)25-13-5-6-15(22)16(7-13)26(28)29/h1-7,9-10H,8H2,(H,25,27). The highest BCUT2D eigenvalue weighted by Crippen LogP contribution is 2.37. The molecule has 4 aromatic rings. The van der Waals surface area contributed by atoms with Crippen LogP contribution in [0.15, 0.2) is 54.2 Å². The van der Waals surface area contributed by atoms with Crippen LogP contribution in [-0.4, -0.2) is 27.4 Å². The van der Waals surface area contributed by atoms with E-state index in [1.165, 1.54) is 35.9 Å². The molecule has 0 unspecified atom stereocenters. The molecular formula is C20H12F2N4O4S. The second-order valence-electron chi connectivity index (χ2n) is 6.28. The predicted molar refractivity (Wildman–Crippen MR) is 110 cm³/mol. The van der Waals surface area contributed by atoms with E-state index in [0.717, 1.165) is 23.3 Å². The van der Waals surface area contributed by atoms with Crippen LogP contribution in [0.3, 0.4) is 0 Å². The Morgan fingerprint density at radius 1 is 1.16 bits per heavy atom. The van der Waals surface area contributed by atoms with Crippen molar-refractivity contribution >= 4 is 38.8 Å². The third kappa shape index (κ3) is 4.31. The molecule has 4 rings (SSSR count). The Morgan fingerprint density at radius 3 is 2.68 bits per heavy atom. The predicted octanol–water partition coefficient (Wildman–Crippen LogP) is 4.56. The fraction of sp³-hybridized carbons (Fsp3) is 0.0500. The summed E-state index contributed by atoms with van der Waals surface area (Å²) in [6.07, 6.45) is 1.30. The van der Waals surface area contributed by atoms with Gasteiger partial charge in [0, 0.05) is 22.7 Å². The lowest BCUT2D eigenvalue weighted by atomic mass is 10.1. The summed E-state index contributed by atoms with van der Waals surface area (Å²) >= 11 is 1.34. The zero-order valence-electron chi connectivity index (χ0n) is 15.5. The number of fused-ring (bicyclic) bond motifs is 1. The van der Waals surface area contributed by atoms with Crippen molar-refractivity contribution in [3.63, 3.8) is 0 Å². The van der Waals surface area contributed by atoms with Crippen LogP contribution in [0.1, 0.15) is 0 Å². The van der Waals surface area contributed by atoms with Gasteiger partial charge in [0.15, 0.2) is 6.61 Å². The van der Waals surface area contributed by atoms with Gasteiger partial charge in [-0.1, -0.05) is 12.1 Å². The molecule has 0 aliphatic rings. The Kier molecular flexibility index (Phi) is 5.50. The molecule has 1 N–H and O–H groups in total. The van der Waals surface area contributed by atoms with Gasteiger partial charge in [-0.15, -0.1) is 11.3 Å². The van der Waals surface area contributed by atoms with Gasteiger partial charge >= 0.3 is 5.69 Å². The van der Waals surface area contributed by atoms with Crippen molar-refractivity contribution in [3.8, 4) is 17.0 Å². The minimum atomic E-state index is -1.01. The number of nitrogens with one attached hydrogen (secondary N) is 1. The number of halogens is 2. The molecule has 2 heterocycles. The Morgan fingerprint density at radius 2 is 1.94 bits per heavy atom. The van der Waals surface area contributed by atoms with Crippen molar-refractivity contribution in [2.75, 3.05) is 11.9 Å². The molecule has 156 valence electrons. The van der Waals surface area contributed by atoms with E-state index in [1.54, 1.807) is 12.1 Å². The normalized spacial score (nSPS) is 10.8. The minimum absolute atomic E-state index is 0.0528. The quantitative estimate of drug-likeness (QED) is 0.346. The van der Waals surface area contributed by atoms with Gasteiger partial charge in [0.2, 0.25) is 11.7 Å². The molecule has 0 aliphatic heterocycles. The van der Waals surface area contributed by atoms with E-state index in [2.05, 4.69) is 15.3 Å².